The van der Waals surface area contributed by atoms with Gasteiger partial charge in [-0.1, -0.05) is 0 Å². The Morgan fingerprint density at radius 1 is 0.875 bits per heavy atom. The molecular weight excluding hydrogens is 104 g/mol. The van der Waals surface area contributed by atoms with E-state index in [9.17, 15) is 9.59 Å². The summed E-state index contributed by atoms with van der Waals surface area (Å²) in [6, 6.07) is 0. The van der Waals surface area contributed by atoms with E-state index in [0.29, 0.717) is 12.8 Å². The zero-order chi connectivity index (χ0) is 6.24. The van der Waals surface area contributed by atoms with E-state index in [1.54, 1.807) is 0 Å². The molecule has 0 atom stereocenters. The van der Waals surface area contributed by atoms with Crippen LogP contribution >= 0.6 is 0 Å². The van der Waals surface area contributed by atoms with Gasteiger partial charge in [0.15, 0.2) is 0 Å². The van der Waals surface area contributed by atoms with Crippen molar-refractivity contribution in [3.05, 3.63) is 0 Å². The van der Waals surface area contributed by atoms with Crippen LogP contribution in [0, 0.1) is 0 Å². The van der Waals surface area contributed by atoms with Crippen LogP contribution in [-0.2, 0) is 9.59 Å². The van der Waals surface area contributed by atoms with Crippen LogP contribution in [0.15, 0.2) is 0 Å². The third kappa shape index (κ3) is 5.34. The summed E-state index contributed by atoms with van der Waals surface area (Å²) in [6.07, 6.45) is 4.64. The lowest BCUT2D eigenvalue weighted by molar-refractivity contribution is -0.109. The van der Waals surface area contributed by atoms with Gasteiger partial charge < -0.3 is 9.59 Å². The highest BCUT2D eigenvalue weighted by atomic mass is 16.1. The first kappa shape index (κ1) is 7.34. The lowest BCUT2D eigenvalue weighted by atomic mass is 10.2. The van der Waals surface area contributed by atoms with Gasteiger partial charge in [0.25, 0.3) is 0 Å². The third-order valence-electron chi connectivity index (χ3n) is 0.894. The Bertz CT molecular complexity index is 58.9. The first-order valence-corrected chi connectivity index (χ1v) is 2.79. The Balaban J connectivity index is 2.71. The van der Waals surface area contributed by atoms with Crippen LogP contribution in [0.25, 0.3) is 0 Å². The van der Waals surface area contributed by atoms with Gasteiger partial charge in [0.2, 0.25) is 0 Å². The summed E-state index contributed by atoms with van der Waals surface area (Å²) in [5, 5.41) is 0. The van der Waals surface area contributed by atoms with Crippen LogP contribution in [0.2, 0.25) is 0 Å². The fraction of sp³-hybridized carbons (Fsp3) is 0.667. The van der Waals surface area contributed by atoms with Crippen LogP contribution < -0.4 is 0 Å². The Hall–Kier alpha value is -0.660. The predicted molar refractivity (Wildman–Crippen MR) is 30.6 cm³/mol. The van der Waals surface area contributed by atoms with Gasteiger partial charge in [-0.05, 0) is 12.8 Å². The standard InChI is InChI=1S/C6H10O2/c7-5-3-1-2-4-6-8/h5-6H,1-4H2. The van der Waals surface area contributed by atoms with Gasteiger partial charge in [0, 0.05) is 12.8 Å². The van der Waals surface area contributed by atoms with Crippen molar-refractivity contribution < 1.29 is 9.59 Å². The average molecular weight is 114 g/mol. The van der Waals surface area contributed by atoms with Crippen molar-refractivity contribution in [3.63, 3.8) is 0 Å². The molecule has 0 heterocycles. The summed E-state index contributed by atoms with van der Waals surface area (Å²) in [6.45, 7) is 0. The van der Waals surface area contributed by atoms with Crippen molar-refractivity contribution in [1.82, 2.24) is 0 Å². The van der Waals surface area contributed by atoms with E-state index in [1.807, 2.05) is 0 Å². The maximum absolute atomic E-state index is 9.68. The number of hydrogen-bond acceptors (Lipinski definition) is 2. The van der Waals surface area contributed by atoms with E-state index in [0.717, 1.165) is 25.4 Å². The lowest BCUT2D eigenvalue weighted by Gasteiger charge is -1.85. The van der Waals surface area contributed by atoms with Crippen molar-refractivity contribution in [1.29, 1.82) is 0 Å². The molecule has 0 aliphatic heterocycles. The van der Waals surface area contributed by atoms with Gasteiger partial charge in [-0.25, -0.2) is 0 Å². The van der Waals surface area contributed by atoms with Crippen LogP contribution in [0.3, 0.4) is 0 Å². The molecule has 0 spiro atoms. The molecule has 0 saturated heterocycles. The number of rotatable bonds is 5. The summed E-state index contributed by atoms with van der Waals surface area (Å²) in [7, 11) is 0. The summed E-state index contributed by atoms with van der Waals surface area (Å²) in [5.41, 5.74) is 0. The first-order chi connectivity index (χ1) is 3.91. The molecule has 0 aliphatic rings. The topological polar surface area (TPSA) is 34.1 Å². The minimum absolute atomic E-state index is 0.591. The number of hydrogen-bond donors (Lipinski definition) is 0. The molecule has 0 fully saturated rings. The second-order valence-electron chi connectivity index (χ2n) is 1.62. The van der Waals surface area contributed by atoms with Gasteiger partial charge in [0.05, 0.1) is 0 Å². The summed E-state index contributed by atoms with van der Waals surface area (Å²) in [5.74, 6) is 0. The van der Waals surface area contributed by atoms with E-state index in [-0.39, 0.29) is 0 Å². The fourth-order valence-corrected chi connectivity index (χ4v) is 0.455. The fourth-order valence-electron chi connectivity index (χ4n) is 0.455. The second-order valence-corrected chi connectivity index (χ2v) is 1.62. The second kappa shape index (κ2) is 6.34. The summed E-state index contributed by atoms with van der Waals surface area (Å²) < 4.78 is 0. The molecule has 0 saturated carbocycles. The van der Waals surface area contributed by atoms with Gasteiger partial charge in [0.1, 0.15) is 12.6 Å². The smallest absolute Gasteiger partial charge is 0.119 e. The molecule has 0 aromatic rings. The minimum Gasteiger partial charge on any atom is -0.303 e. The highest BCUT2D eigenvalue weighted by Crippen LogP contribution is 1.93. The van der Waals surface area contributed by atoms with Gasteiger partial charge in [-0.3, -0.25) is 0 Å². The Kier molecular flexibility index (Phi) is 5.82. The summed E-state index contributed by atoms with van der Waals surface area (Å²) in [4.78, 5) is 19.4. The molecule has 0 rings (SSSR count). The van der Waals surface area contributed by atoms with Crippen LogP contribution in [-0.4, -0.2) is 12.6 Å². The van der Waals surface area contributed by atoms with Gasteiger partial charge in [-0.15, -0.1) is 0 Å². The maximum atomic E-state index is 9.68. The van der Waals surface area contributed by atoms with E-state index in [1.165, 1.54) is 0 Å². The van der Waals surface area contributed by atoms with Crippen LogP contribution in [0.1, 0.15) is 25.7 Å². The molecule has 0 amide bonds. The molecule has 0 bridgehead atoms. The van der Waals surface area contributed by atoms with Crippen LogP contribution in [0.4, 0.5) is 0 Å². The van der Waals surface area contributed by atoms with Crippen molar-refractivity contribution in [2.24, 2.45) is 0 Å². The van der Waals surface area contributed by atoms with Crippen molar-refractivity contribution in [3.8, 4) is 0 Å². The highest BCUT2D eigenvalue weighted by Gasteiger charge is 1.83. The largest absolute Gasteiger partial charge is 0.303 e. The SMILES string of the molecule is O=CCCCCC=O. The monoisotopic (exact) mass is 114 g/mol. The maximum Gasteiger partial charge on any atom is 0.119 e. The molecule has 2 heteroatoms. The normalized spacial score (nSPS) is 8.50. The quantitative estimate of drug-likeness (QED) is 0.394. The molecule has 0 N–H and O–H groups in total. The molecule has 0 aromatic carbocycles. The van der Waals surface area contributed by atoms with Crippen LogP contribution in [0.5, 0.6) is 0 Å². The number of carbonyl (C=O) groups is 2. The third-order valence-corrected chi connectivity index (χ3v) is 0.894. The molecule has 0 aromatic heterocycles. The van der Waals surface area contributed by atoms with Crippen molar-refractivity contribution >= 4 is 12.6 Å². The van der Waals surface area contributed by atoms with E-state index < -0.39 is 0 Å². The van der Waals surface area contributed by atoms with E-state index in [4.69, 9.17) is 0 Å². The molecule has 46 valence electrons. The molecule has 0 radical (unpaired) electrons. The zero-order valence-corrected chi connectivity index (χ0v) is 4.80. The average Bonchev–Trinajstić information content (AvgIpc) is 1.81. The first-order valence-electron chi connectivity index (χ1n) is 2.79. The van der Waals surface area contributed by atoms with Crippen molar-refractivity contribution in [2.45, 2.75) is 25.7 Å². The molecular formula is C6H10O2. The van der Waals surface area contributed by atoms with E-state index >= 15 is 0 Å². The summed E-state index contributed by atoms with van der Waals surface area (Å²) >= 11 is 0. The Labute approximate surface area is 48.9 Å². The molecule has 0 unspecified atom stereocenters. The molecule has 2 nitrogen and oxygen atoms in total. The Morgan fingerprint density at radius 3 is 1.50 bits per heavy atom. The lowest BCUT2D eigenvalue weighted by Crippen LogP contribution is -1.78. The van der Waals surface area contributed by atoms with E-state index in [2.05, 4.69) is 0 Å². The zero-order valence-electron chi connectivity index (χ0n) is 4.80. The van der Waals surface area contributed by atoms with Crippen molar-refractivity contribution in [2.75, 3.05) is 0 Å². The van der Waals surface area contributed by atoms with Gasteiger partial charge in [-0.2, -0.15) is 0 Å². The number of carbonyl (C=O) groups excluding carboxylic acids is 2. The molecule has 0 aliphatic carbocycles. The minimum atomic E-state index is 0.591. The molecule has 8 heavy (non-hydrogen) atoms. The Morgan fingerprint density at radius 2 is 1.25 bits per heavy atom. The number of unbranched alkanes of at least 4 members (excludes halogenated alkanes) is 3. The van der Waals surface area contributed by atoms with Gasteiger partial charge >= 0.3 is 0 Å². The number of aldehydes is 2. The highest BCUT2D eigenvalue weighted by molar-refractivity contribution is 5.50. The predicted octanol–water partition coefficient (Wildman–Crippen LogP) is 0.945.